The predicted molar refractivity (Wildman–Crippen MR) is 65.8 cm³/mol. The summed E-state index contributed by atoms with van der Waals surface area (Å²) in [5.74, 6) is 0.392. The van der Waals surface area contributed by atoms with Crippen LogP contribution in [0.2, 0.25) is 0 Å². The fourth-order valence-electron chi connectivity index (χ4n) is 1.88. The SMILES string of the molecule is C[C@@H](Cl)[C@@H]1CCCN(C(=O)OC(C)(C)C)C1. The van der Waals surface area contributed by atoms with Crippen LogP contribution >= 0.6 is 11.6 Å². The van der Waals surface area contributed by atoms with Gasteiger partial charge in [-0.05, 0) is 46.5 Å². The van der Waals surface area contributed by atoms with E-state index in [0.717, 1.165) is 25.9 Å². The van der Waals surface area contributed by atoms with Crippen LogP contribution in [0.4, 0.5) is 4.79 Å². The third-order valence-electron chi connectivity index (χ3n) is 2.76. The number of piperidine rings is 1. The molecule has 1 fully saturated rings. The standard InChI is InChI=1S/C12H22ClNO2/c1-9(13)10-6-5-7-14(8-10)11(15)16-12(2,3)4/h9-10H,5-8H2,1-4H3/t9-,10-/m1/s1. The van der Waals surface area contributed by atoms with Gasteiger partial charge in [-0.2, -0.15) is 0 Å². The maximum Gasteiger partial charge on any atom is 0.410 e. The molecule has 94 valence electrons. The van der Waals surface area contributed by atoms with Gasteiger partial charge < -0.3 is 9.64 Å². The zero-order valence-corrected chi connectivity index (χ0v) is 11.4. The molecule has 2 atom stereocenters. The minimum absolute atomic E-state index is 0.116. The Balaban J connectivity index is 2.50. The molecule has 1 aliphatic rings. The first-order valence-electron chi connectivity index (χ1n) is 5.91. The summed E-state index contributed by atoms with van der Waals surface area (Å²) in [5.41, 5.74) is -0.420. The molecule has 4 heteroatoms. The number of carbonyl (C=O) groups is 1. The molecule has 1 amide bonds. The van der Waals surface area contributed by atoms with E-state index in [9.17, 15) is 4.79 Å². The summed E-state index contributed by atoms with van der Waals surface area (Å²) >= 11 is 6.08. The van der Waals surface area contributed by atoms with E-state index in [2.05, 4.69) is 0 Å². The van der Waals surface area contributed by atoms with Crippen molar-refractivity contribution in [2.75, 3.05) is 13.1 Å². The zero-order chi connectivity index (χ0) is 12.3. The largest absolute Gasteiger partial charge is 0.444 e. The lowest BCUT2D eigenvalue weighted by atomic mass is 9.95. The molecule has 1 aliphatic heterocycles. The average Bonchev–Trinajstić information content (AvgIpc) is 2.15. The molecule has 0 N–H and O–H groups in total. The Kier molecular flexibility index (Phi) is 4.48. The Morgan fingerprint density at radius 3 is 2.62 bits per heavy atom. The quantitative estimate of drug-likeness (QED) is 0.666. The minimum atomic E-state index is -0.420. The number of likely N-dealkylation sites (tertiary alicyclic amines) is 1. The van der Waals surface area contributed by atoms with E-state index in [-0.39, 0.29) is 11.5 Å². The van der Waals surface area contributed by atoms with E-state index >= 15 is 0 Å². The first kappa shape index (κ1) is 13.6. The van der Waals surface area contributed by atoms with Gasteiger partial charge in [0.1, 0.15) is 5.60 Å². The number of nitrogens with zero attached hydrogens (tertiary/aromatic N) is 1. The van der Waals surface area contributed by atoms with E-state index in [1.807, 2.05) is 27.7 Å². The summed E-state index contributed by atoms with van der Waals surface area (Å²) < 4.78 is 5.35. The third-order valence-corrected chi connectivity index (χ3v) is 3.12. The molecule has 0 radical (unpaired) electrons. The summed E-state index contributed by atoms with van der Waals surface area (Å²) in [4.78, 5) is 13.6. The molecule has 0 spiro atoms. The van der Waals surface area contributed by atoms with Crippen LogP contribution in [0.25, 0.3) is 0 Å². The molecular weight excluding hydrogens is 226 g/mol. The van der Waals surface area contributed by atoms with Crippen molar-refractivity contribution in [3.8, 4) is 0 Å². The second-order valence-corrected chi connectivity index (χ2v) is 6.19. The molecule has 0 saturated carbocycles. The smallest absolute Gasteiger partial charge is 0.410 e. The predicted octanol–water partition coefficient (Wildman–Crippen LogP) is 3.26. The number of amides is 1. The summed E-state index contributed by atoms with van der Waals surface area (Å²) in [6, 6.07) is 0. The number of carbonyl (C=O) groups excluding carboxylic acids is 1. The van der Waals surface area contributed by atoms with E-state index in [1.165, 1.54) is 0 Å². The second-order valence-electron chi connectivity index (χ2n) is 5.51. The summed E-state index contributed by atoms with van der Waals surface area (Å²) in [6.07, 6.45) is 1.90. The molecule has 0 bridgehead atoms. The van der Waals surface area contributed by atoms with Gasteiger partial charge in [-0.25, -0.2) is 4.79 Å². The van der Waals surface area contributed by atoms with Gasteiger partial charge in [-0.1, -0.05) is 0 Å². The zero-order valence-electron chi connectivity index (χ0n) is 10.6. The lowest BCUT2D eigenvalue weighted by molar-refractivity contribution is 0.0166. The van der Waals surface area contributed by atoms with Crippen molar-refractivity contribution in [1.82, 2.24) is 4.90 Å². The number of hydrogen-bond acceptors (Lipinski definition) is 2. The summed E-state index contributed by atoms with van der Waals surface area (Å²) in [7, 11) is 0. The molecule has 1 heterocycles. The van der Waals surface area contributed by atoms with Gasteiger partial charge in [0.05, 0.1) is 0 Å². The number of ether oxygens (including phenoxy) is 1. The summed E-state index contributed by atoms with van der Waals surface area (Å²) in [6.45, 7) is 9.16. The van der Waals surface area contributed by atoms with E-state index in [4.69, 9.17) is 16.3 Å². The van der Waals surface area contributed by atoms with Gasteiger partial charge in [0.2, 0.25) is 0 Å². The van der Waals surface area contributed by atoms with Crippen LogP contribution in [0.1, 0.15) is 40.5 Å². The second kappa shape index (κ2) is 5.26. The Hall–Kier alpha value is -0.440. The van der Waals surface area contributed by atoms with Gasteiger partial charge in [-0.15, -0.1) is 11.6 Å². The molecule has 3 nitrogen and oxygen atoms in total. The molecular formula is C12H22ClNO2. The molecule has 0 unspecified atom stereocenters. The van der Waals surface area contributed by atoms with Crippen LogP contribution in [0.3, 0.4) is 0 Å². The van der Waals surface area contributed by atoms with Crippen molar-refractivity contribution in [2.24, 2.45) is 5.92 Å². The highest BCUT2D eigenvalue weighted by Crippen LogP contribution is 2.24. The Labute approximate surface area is 103 Å². The highest BCUT2D eigenvalue weighted by Gasteiger charge is 2.29. The molecule has 0 aromatic heterocycles. The minimum Gasteiger partial charge on any atom is -0.444 e. The fourth-order valence-corrected chi connectivity index (χ4v) is 2.08. The number of rotatable bonds is 1. The van der Waals surface area contributed by atoms with Gasteiger partial charge in [-0.3, -0.25) is 0 Å². The lowest BCUT2D eigenvalue weighted by Crippen LogP contribution is -2.44. The number of alkyl halides is 1. The highest BCUT2D eigenvalue weighted by molar-refractivity contribution is 6.20. The normalized spacial score (nSPS) is 24.1. The van der Waals surface area contributed by atoms with Gasteiger partial charge in [0.25, 0.3) is 0 Å². The highest BCUT2D eigenvalue weighted by atomic mass is 35.5. The Bertz CT molecular complexity index is 248. The third kappa shape index (κ3) is 4.20. The molecule has 1 rings (SSSR count). The van der Waals surface area contributed by atoms with Crippen LogP contribution in [0.5, 0.6) is 0 Å². The number of hydrogen-bond donors (Lipinski definition) is 0. The molecule has 1 saturated heterocycles. The van der Waals surface area contributed by atoms with Gasteiger partial charge in [0, 0.05) is 18.5 Å². The first-order valence-corrected chi connectivity index (χ1v) is 6.35. The maximum atomic E-state index is 11.8. The van der Waals surface area contributed by atoms with Crippen molar-refractivity contribution in [3.63, 3.8) is 0 Å². The van der Waals surface area contributed by atoms with Crippen molar-refractivity contribution in [2.45, 2.75) is 51.5 Å². The molecule has 0 aromatic carbocycles. The van der Waals surface area contributed by atoms with Crippen LogP contribution < -0.4 is 0 Å². The maximum absolute atomic E-state index is 11.8. The van der Waals surface area contributed by atoms with Crippen molar-refractivity contribution in [3.05, 3.63) is 0 Å². The number of halogens is 1. The summed E-state index contributed by atoms with van der Waals surface area (Å²) in [5, 5.41) is 0.116. The fraction of sp³-hybridized carbons (Fsp3) is 0.917. The van der Waals surface area contributed by atoms with Crippen LogP contribution in [0.15, 0.2) is 0 Å². The monoisotopic (exact) mass is 247 g/mol. The molecule has 0 aromatic rings. The molecule has 0 aliphatic carbocycles. The van der Waals surface area contributed by atoms with Gasteiger partial charge >= 0.3 is 6.09 Å². The average molecular weight is 248 g/mol. The first-order chi connectivity index (χ1) is 7.29. The topological polar surface area (TPSA) is 29.5 Å². The molecule has 16 heavy (non-hydrogen) atoms. The Morgan fingerprint density at radius 1 is 1.50 bits per heavy atom. The van der Waals surface area contributed by atoms with Crippen LogP contribution in [-0.4, -0.2) is 35.1 Å². The Morgan fingerprint density at radius 2 is 2.12 bits per heavy atom. The van der Waals surface area contributed by atoms with Crippen molar-refractivity contribution < 1.29 is 9.53 Å². The van der Waals surface area contributed by atoms with Crippen LogP contribution in [-0.2, 0) is 4.74 Å². The van der Waals surface area contributed by atoms with Crippen LogP contribution in [0, 0.1) is 5.92 Å². The lowest BCUT2D eigenvalue weighted by Gasteiger charge is -2.35. The van der Waals surface area contributed by atoms with Gasteiger partial charge in [0.15, 0.2) is 0 Å². The van der Waals surface area contributed by atoms with E-state index in [0.29, 0.717) is 5.92 Å². The van der Waals surface area contributed by atoms with Crippen molar-refractivity contribution >= 4 is 17.7 Å². The van der Waals surface area contributed by atoms with E-state index < -0.39 is 5.60 Å². The van der Waals surface area contributed by atoms with Crippen molar-refractivity contribution in [1.29, 1.82) is 0 Å². The van der Waals surface area contributed by atoms with E-state index in [1.54, 1.807) is 4.90 Å².